The maximum Gasteiger partial charge on any atom is 0.123 e. The number of nitrogens with one attached hydrogen (secondary N) is 1. The van der Waals surface area contributed by atoms with Gasteiger partial charge in [0.1, 0.15) is 5.75 Å². The number of rotatable bonds is 6. The Balaban J connectivity index is 2.67. The van der Waals surface area contributed by atoms with Crippen LogP contribution in [-0.2, 0) is 6.54 Å². The summed E-state index contributed by atoms with van der Waals surface area (Å²) < 4.78 is 6.38. The van der Waals surface area contributed by atoms with Crippen LogP contribution in [0.3, 0.4) is 0 Å². The van der Waals surface area contributed by atoms with Crippen molar-refractivity contribution in [3.8, 4) is 18.1 Å². The molecule has 0 saturated carbocycles. The molecular weight excluding hydrogens is 278 g/mol. The van der Waals surface area contributed by atoms with Crippen LogP contribution in [0, 0.1) is 12.3 Å². The summed E-state index contributed by atoms with van der Waals surface area (Å²) in [6.07, 6.45) is 7.12. The Morgan fingerprint density at radius 3 is 2.88 bits per heavy atom. The van der Waals surface area contributed by atoms with Crippen LogP contribution in [-0.4, -0.2) is 13.2 Å². The van der Waals surface area contributed by atoms with E-state index < -0.39 is 0 Å². The maximum absolute atomic E-state index is 5.33. The van der Waals surface area contributed by atoms with Gasteiger partial charge in [-0.3, -0.25) is 0 Å². The average Bonchev–Trinajstić information content (AvgIpc) is 2.34. The molecule has 0 radical (unpaired) electrons. The van der Waals surface area contributed by atoms with Crippen molar-refractivity contribution in [3.63, 3.8) is 0 Å². The molecule has 1 aromatic rings. The predicted octanol–water partition coefficient (Wildman–Crippen LogP) is 3.35. The SMILES string of the molecule is C#CCC(CC)NCc1cc(Br)ccc1OC. The number of methoxy groups -OCH3 is 1. The van der Waals surface area contributed by atoms with Gasteiger partial charge < -0.3 is 10.1 Å². The minimum atomic E-state index is 0.365. The number of terminal acetylenes is 1. The third-order valence-electron chi connectivity index (χ3n) is 2.68. The summed E-state index contributed by atoms with van der Waals surface area (Å²) in [6, 6.07) is 6.36. The first-order chi connectivity index (χ1) is 8.21. The van der Waals surface area contributed by atoms with E-state index in [-0.39, 0.29) is 0 Å². The number of hydrogen-bond acceptors (Lipinski definition) is 2. The highest BCUT2D eigenvalue weighted by molar-refractivity contribution is 9.10. The van der Waals surface area contributed by atoms with Crippen molar-refractivity contribution >= 4 is 15.9 Å². The highest BCUT2D eigenvalue weighted by atomic mass is 79.9. The van der Waals surface area contributed by atoms with Crippen LogP contribution in [0.25, 0.3) is 0 Å². The van der Waals surface area contributed by atoms with Crippen LogP contribution in [0.1, 0.15) is 25.3 Å². The van der Waals surface area contributed by atoms with Gasteiger partial charge in [0.15, 0.2) is 0 Å². The summed E-state index contributed by atoms with van der Waals surface area (Å²) in [4.78, 5) is 0. The van der Waals surface area contributed by atoms with Gasteiger partial charge in [-0.2, -0.15) is 0 Å². The van der Waals surface area contributed by atoms with Gasteiger partial charge >= 0.3 is 0 Å². The molecule has 0 spiro atoms. The molecule has 1 unspecified atom stereocenters. The van der Waals surface area contributed by atoms with Crippen molar-refractivity contribution in [1.82, 2.24) is 5.32 Å². The standard InChI is InChI=1S/C14H18BrNO/c1-4-6-13(5-2)16-10-11-9-12(15)7-8-14(11)17-3/h1,7-9,13,16H,5-6,10H2,2-3H3. The van der Waals surface area contributed by atoms with E-state index in [4.69, 9.17) is 11.2 Å². The molecule has 1 aromatic carbocycles. The monoisotopic (exact) mass is 295 g/mol. The minimum absolute atomic E-state index is 0.365. The molecule has 0 aliphatic carbocycles. The maximum atomic E-state index is 5.33. The fraction of sp³-hybridized carbons (Fsp3) is 0.429. The molecular formula is C14H18BrNO. The molecule has 0 fully saturated rings. The van der Waals surface area contributed by atoms with E-state index in [9.17, 15) is 0 Å². The largest absolute Gasteiger partial charge is 0.496 e. The number of halogens is 1. The van der Waals surface area contributed by atoms with Crippen molar-refractivity contribution in [2.24, 2.45) is 0 Å². The molecule has 0 bridgehead atoms. The van der Waals surface area contributed by atoms with Crippen molar-refractivity contribution in [1.29, 1.82) is 0 Å². The zero-order chi connectivity index (χ0) is 12.7. The van der Waals surface area contributed by atoms with Gasteiger partial charge in [0, 0.05) is 29.0 Å². The Labute approximate surface area is 112 Å². The highest BCUT2D eigenvalue weighted by Gasteiger charge is 2.07. The van der Waals surface area contributed by atoms with Gasteiger partial charge in [-0.25, -0.2) is 0 Å². The lowest BCUT2D eigenvalue weighted by Crippen LogP contribution is -2.27. The molecule has 1 atom stereocenters. The fourth-order valence-electron chi connectivity index (χ4n) is 1.64. The van der Waals surface area contributed by atoms with E-state index in [0.717, 1.165) is 35.2 Å². The summed E-state index contributed by atoms with van der Waals surface area (Å²) in [5.74, 6) is 3.59. The van der Waals surface area contributed by atoms with Gasteiger partial charge in [0.05, 0.1) is 7.11 Å². The Morgan fingerprint density at radius 1 is 1.53 bits per heavy atom. The second-order valence-corrected chi connectivity index (χ2v) is 4.77. The fourth-order valence-corrected chi connectivity index (χ4v) is 2.05. The molecule has 92 valence electrons. The number of benzene rings is 1. The van der Waals surface area contributed by atoms with Crippen LogP contribution in [0.2, 0.25) is 0 Å². The van der Waals surface area contributed by atoms with Gasteiger partial charge in [-0.15, -0.1) is 12.3 Å². The summed E-state index contributed by atoms with van der Waals surface area (Å²) in [5.41, 5.74) is 1.14. The smallest absolute Gasteiger partial charge is 0.123 e. The first-order valence-electron chi connectivity index (χ1n) is 5.70. The van der Waals surface area contributed by atoms with Crippen molar-refractivity contribution < 1.29 is 4.74 Å². The average molecular weight is 296 g/mol. The summed E-state index contributed by atoms with van der Waals surface area (Å²) in [7, 11) is 1.69. The second kappa shape index (κ2) is 7.37. The quantitative estimate of drug-likeness (QED) is 0.813. The Kier molecular flexibility index (Phi) is 6.10. The van der Waals surface area contributed by atoms with Crippen LogP contribution in [0.15, 0.2) is 22.7 Å². The topological polar surface area (TPSA) is 21.3 Å². The molecule has 0 aliphatic heterocycles. The zero-order valence-corrected chi connectivity index (χ0v) is 11.9. The molecule has 0 saturated heterocycles. The number of ether oxygens (including phenoxy) is 1. The first kappa shape index (κ1) is 14.1. The lowest BCUT2D eigenvalue weighted by Gasteiger charge is -2.16. The second-order valence-electron chi connectivity index (χ2n) is 3.85. The highest BCUT2D eigenvalue weighted by Crippen LogP contribution is 2.22. The summed E-state index contributed by atoms with van der Waals surface area (Å²) >= 11 is 3.46. The molecule has 1 rings (SSSR count). The van der Waals surface area contributed by atoms with E-state index >= 15 is 0 Å². The molecule has 0 aliphatic rings. The molecule has 0 heterocycles. The first-order valence-corrected chi connectivity index (χ1v) is 6.49. The van der Waals surface area contributed by atoms with Gasteiger partial charge in [0.2, 0.25) is 0 Å². The van der Waals surface area contributed by atoms with Crippen LogP contribution in [0.4, 0.5) is 0 Å². The van der Waals surface area contributed by atoms with E-state index in [0.29, 0.717) is 6.04 Å². The van der Waals surface area contributed by atoms with Crippen LogP contribution < -0.4 is 10.1 Å². The van der Waals surface area contributed by atoms with E-state index in [1.54, 1.807) is 7.11 Å². The van der Waals surface area contributed by atoms with Crippen LogP contribution >= 0.6 is 15.9 Å². The molecule has 0 aromatic heterocycles. The molecule has 0 amide bonds. The van der Waals surface area contributed by atoms with Gasteiger partial charge in [0.25, 0.3) is 0 Å². The normalized spacial score (nSPS) is 11.9. The van der Waals surface area contributed by atoms with Gasteiger partial charge in [-0.05, 0) is 24.6 Å². The minimum Gasteiger partial charge on any atom is -0.496 e. The molecule has 1 N–H and O–H groups in total. The zero-order valence-electron chi connectivity index (χ0n) is 10.3. The Morgan fingerprint density at radius 2 is 2.29 bits per heavy atom. The third kappa shape index (κ3) is 4.41. The van der Waals surface area contributed by atoms with E-state index in [2.05, 4.69) is 40.2 Å². The van der Waals surface area contributed by atoms with Gasteiger partial charge in [-0.1, -0.05) is 22.9 Å². The van der Waals surface area contributed by atoms with Crippen molar-refractivity contribution in [3.05, 3.63) is 28.2 Å². The van der Waals surface area contributed by atoms with Crippen molar-refractivity contribution in [2.75, 3.05) is 7.11 Å². The lowest BCUT2D eigenvalue weighted by molar-refractivity contribution is 0.404. The van der Waals surface area contributed by atoms with E-state index in [1.165, 1.54) is 0 Å². The lowest BCUT2D eigenvalue weighted by atomic mass is 10.1. The molecule has 2 nitrogen and oxygen atoms in total. The van der Waals surface area contributed by atoms with Crippen LogP contribution in [0.5, 0.6) is 5.75 Å². The summed E-state index contributed by atoms with van der Waals surface area (Å²) in [5, 5.41) is 3.45. The number of hydrogen-bond donors (Lipinski definition) is 1. The summed E-state index contributed by atoms with van der Waals surface area (Å²) in [6.45, 7) is 2.90. The van der Waals surface area contributed by atoms with Crippen molar-refractivity contribution in [2.45, 2.75) is 32.4 Å². The third-order valence-corrected chi connectivity index (χ3v) is 3.17. The molecule has 17 heavy (non-hydrogen) atoms. The van der Waals surface area contributed by atoms with E-state index in [1.807, 2.05) is 12.1 Å². The molecule has 3 heteroatoms. The Bertz CT molecular complexity index is 398. The Hall–Kier alpha value is -0.980. The predicted molar refractivity (Wildman–Crippen MR) is 75.1 cm³/mol.